The Balaban J connectivity index is 1.71. The minimum Gasteiger partial charge on any atom is -0.324 e. The fraction of sp³-hybridized carbons (Fsp3) is 0.227. The summed E-state index contributed by atoms with van der Waals surface area (Å²) in [5, 5.41) is 5.54. The Labute approximate surface area is 185 Å². The topological polar surface area (TPSA) is 66.5 Å². The van der Waals surface area contributed by atoms with Crippen LogP contribution in [-0.4, -0.2) is 26.6 Å². The van der Waals surface area contributed by atoms with E-state index in [1.165, 1.54) is 35.6 Å². The number of aryl methyl sites for hydroxylation is 2. The number of hydrogen-bond donors (Lipinski definition) is 1. The van der Waals surface area contributed by atoms with E-state index in [9.17, 15) is 13.2 Å². The molecule has 0 aliphatic heterocycles. The molecule has 1 aliphatic carbocycles. The number of halogens is 2. The normalized spacial score (nSPS) is 14.0. The summed E-state index contributed by atoms with van der Waals surface area (Å²) in [5.41, 5.74) is 3.33. The Morgan fingerprint density at radius 1 is 1.07 bits per heavy atom. The van der Waals surface area contributed by atoms with E-state index in [-0.39, 0.29) is 10.7 Å². The highest BCUT2D eigenvalue weighted by Gasteiger charge is 2.31. The average molecular weight is 463 g/mol. The van der Waals surface area contributed by atoms with Crippen molar-refractivity contribution in [2.75, 3.05) is 15.9 Å². The molecule has 30 heavy (non-hydrogen) atoms. The van der Waals surface area contributed by atoms with Gasteiger partial charge in [-0.2, -0.15) is 0 Å². The molecule has 1 N–H and O–H groups in total. The average Bonchev–Trinajstić information content (AvgIpc) is 3.10. The van der Waals surface area contributed by atoms with Gasteiger partial charge < -0.3 is 5.32 Å². The van der Waals surface area contributed by atoms with Crippen molar-refractivity contribution in [2.45, 2.75) is 25.8 Å². The van der Waals surface area contributed by atoms with Gasteiger partial charge >= 0.3 is 0 Å². The third-order valence-corrected chi connectivity index (χ3v) is 7.15. The van der Waals surface area contributed by atoms with Crippen LogP contribution in [0.1, 0.15) is 18.1 Å². The van der Waals surface area contributed by atoms with Gasteiger partial charge in [0.2, 0.25) is 15.9 Å². The molecule has 8 heteroatoms. The summed E-state index contributed by atoms with van der Waals surface area (Å²) in [6, 6.07) is 13.4. The van der Waals surface area contributed by atoms with Crippen LogP contribution in [-0.2, 0) is 27.7 Å². The minimum atomic E-state index is -3.81. The molecule has 0 aromatic heterocycles. The van der Waals surface area contributed by atoms with Crippen molar-refractivity contribution in [1.29, 1.82) is 0 Å². The van der Waals surface area contributed by atoms with Gasteiger partial charge in [-0.05, 0) is 60.5 Å². The number of amides is 1. The summed E-state index contributed by atoms with van der Waals surface area (Å²) in [5.74, 6) is -0.463. The zero-order chi connectivity index (χ0) is 21.6. The number of rotatable bonds is 5. The molecule has 4 rings (SSSR count). The highest BCUT2D eigenvalue weighted by atomic mass is 35.5. The predicted molar refractivity (Wildman–Crippen MR) is 123 cm³/mol. The molecule has 5 nitrogen and oxygen atoms in total. The van der Waals surface area contributed by atoms with Crippen molar-refractivity contribution in [3.8, 4) is 0 Å². The van der Waals surface area contributed by atoms with E-state index in [0.717, 1.165) is 28.8 Å². The minimum absolute atomic E-state index is 0.162. The summed E-state index contributed by atoms with van der Waals surface area (Å²) in [6.07, 6.45) is 3.00. The number of carbonyl (C=O) groups is 1. The molecule has 0 heterocycles. The molecular formula is C22H20Cl2N2O3S. The first-order valence-electron chi connectivity index (χ1n) is 9.45. The Morgan fingerprint density at radius 3 is 2.47 bits per heavy atom. The van der Waals surface area contributed by atoms with Crippen LogP contribution in [0.3, 0.4) is 0 Å². The molecule has 0 bridgehead atoms. The molecule has 1 amide bonds. The third-order valence-electron chi connectivity index (χ3n) is 5.37. The Morgan fingerprint density at radius 2 is 1.77 bits per heavy atom. The zero-order valence-corrected chi connectivity index (χ0v) is 18.8. The van der Waals surface area contributed by atoms with Crippen LogP contribution in [0.2, 0.25) is 10.0 Å². The quantitative estimate of drug-likeness (QED) is 0.577. The first-order chi connectivity index (χ1) is 14.2. The highest BCUT2D eigenvalue weighted by molar-refractivity contribution is 7.92. The smallest absolute Gasteiger partial charge is 0.248 e. The van der Waals surface area contributed by atoms with Crippen molar-refractivity contribution >= 4 is 61.3 Å². The lowest BCUT2D eigenvalue weighted by Gasteiger charge is -2.29. The number of anilines is 2. The number of nitrogens with zero attached hydrogens (tertiary/aromatic N) is 1. The standard InChI is InChI=1S/C22H20Cl2N2O3S/c1-13(26(30(2,28)29)20-12-16(23)9-10-18(20)24)22(27)25-19-11-8-15-7-6-14-4-3-5-17(19)21(14)15/h3-5,8-13H,6-7H2,1-2H3,(H,25,27)/t13-/m1/s1. The van der Waals surface area contributed by atoms with E-state index in [1.807, 2.05) is 24.3 Å². The van der Waals surface area contributed by atoms with E-state index in [0.29, 0.717) is 10.7 Å². The molecule has 3 aromatic carbocycles. The van der Waals surface area contributed by atoms with Gasteiger partial charge in [0.1, 0.15) is 6.04 Å². The number of nitrogens with one attached hydrogen (secondary N) is 1. The maximum atomic E-state index is 13.1. The fourth-order valence-corrected chi connectivity index (χ4v) is 5.63. The van der Waals surface area contributed by atoms with Crippen LogP contribution < -0.4 is 9.62 Å². The lowest BCUT2D eigenvalue weighted by Crippen LogP contribution is -2.45. The maximum Gasteiger partial charge on any atom is 0.248 e. The summed E-state index contributed by atoms with van der Waals surface area (Å²) in [6.45, 7) is 1.52. The monoisotopic (exact) mass is 462 g/mol. The van der Waals surface area contributed by atoms with Crippen LogP contribution in [0.15, 0.2) is 48.5 Å². The van der Waals surface area contributed by atoms with Crippen LogP contribution in [0, 0.1) is 0 Å². The molecule has 0 fully saturated rings. The van der Waals surface area contributed by atoms with E-state index < -0.39 is 22.0 Å². The molecule has 1 aliphatic rings. The molecule has 156 valence electrons. The zero-order valence-electron chi connectivity index (χ0n) is 16.4. The van der Waals surface area contributed by atoms with Crippen molar-refractivity contribution in [1.82, 2.24) is 0 Å². The van der Waals surface area contributed by atoms with E-state index in [1.54, 1.807) is 6.07 Å². The van der Waals surface area contributed by atoms with Crippen LogP contribution >= 0.6 is 23.2 Å². The van der Waals surface area contributed by atoms with Crippen molar-refractivity contribution in [2.24, 2.45) is 0 Å². The van der Waals surface area contributed by atoms with Crippen LogP contribution in [0.25, 0.3) is 10.8 Å². The summed E-state index contributed by atoms with van der Waals surface area (Å²) < 4.78 is 26.1. The number of hydrogen-bond acceptors (Lipinski definition) is 3. The Bertz CT molecular complexity index is 1260. The largest absolute Gasteiger partial charge is 0.324 e. The molecule has 0 unspecified atom stereocenters. The summed E-state index contributed by atoms with van der Waals surface area (Å²) in [7, 11) is -3.81. The van der Waals surface area contributed by atoms with Gasteiger partial charge in [0.05, 0.1) is 17.0 Å². The van der Waals surface area contributed by atoms with Crippen molar-refractivity contribution in [3.05, 3.63) is 69.7 Å². The Hall–Kier alpha value is -2.28. The van der Waals surface area contributed by atoms with Crippen molar-refractivity contribution < 1.29 is 13.2 Å². The SMILES string of the molecule is C[C@H](C(=O)Nc1ccc2c3c(cccc13)CC2)N(c1cc(Cl)ccc1Cl)S(C)(=O)=O. The fourth-order valence-electron chi connectivity index (χ4n) is 4.03. The van der Waals surface area contributed by atoms with Crippen LogP contribution in [0.5, 0.6) is 0 Å². The number of benzene rings is 3. The number of carbonyl (C=O) groups excluding carboxylic acids is 1. The molecule has 0 spiro atoms. The molecule has 1 atom stereocenters. The van der Waals surface area contributed by atoms with E-state index in [4.69, 9.17) is 23.2 Å². The Kier molecular flexibility index (Phi) is 5.43. The second-order valence-electron chi connectivity index (χ2n) is 7.43. The van der Waals surface area contributed by atoms with Gasteiger partial charge in [0, 0.05) is 16.1 Å². The van der Waals surface area contributed by atoms with Gasteiger partial charge in [0.15, 0.2) is 0 Å². The second kappa shape index (κ2) is 7.76. The first kappa shape index (κ1) is 21.0. The first-order valence-corrected chi connectivity index (χ1v) is 12.1. The van der Waals surface area contributed by atoms with E-state index in [2.05, 4.69) is 11.4 Å². The second-order valence-corrected chi connectivity index (χ2v) is 10.1. The summed E-state index contributed by atoms with van der Waals surface area (Å²) in [4.78, 5) is 13.1. The highest BCUT2D eigenvalue weighted by Crippen LogP contribution is 2.36. The molecular weight excluding hydrogens is 443 g/mol. The van der Waals surface area contributed by atoms with Gasteiger partial charge in [-0.3, -0.25) is 9.10 Å². The van der Waals surface area contributed by atoms with Gasteiger partial charge in [0.25, 0.3) is 0 Å². The molecule has 0 saturated carbocycles. The third kappa shape index (κ3) is 3.75. The summed E-state index contributed by atoms with van der Waals surface area (Å²) >= 11 is 12.3. The molecule has 3 aromatic rings. The molecule has 0 radical (unpaired) electrons. The lowest BCUT2D eigenvalue weighted by molar-refractivity contribution is -0.116. The number of sulfonamides is 1. The lowest BCUT2D eigenvalue weighted by atomic mass is 10.0. The maximum absolute atomic E-state index is 13.1. The van der Waals surface area contributed by atoms with Gasteiger partial charge in [-0.1, -0.05) is 47.5 Å². The van der Waals surface area contributed by atoms with Crippen LogP contribution in [0.4, 0.5) is 11.4 Å². The van der Waals surface area contributed by atoms with Gasteiger partial charge in [-0.25, -0.2) is 8.42 Å². The molecule has 0 saturated heterocycles. The van der Waals surface area contributed by atoms with E-state index >= 15 is 0 Å². The van der Waals surface area contributed by atoms with Gasteiger partial charge in [-0.15, -0.1) is 0 Å². The predicted octanol–water partition coefficient (Wildman–Crippen LogP) is 5.04. The van der Waals surface area contributed by atoms with Crippen molar-refractivity contribution in [3.63, 3.8) is 0 Å².